The maximum absolute atomic E-state index is 11.9. The van der Waals surface area contributed by atoms with Crippen LogP contribution in [-0.2, 0) is 14.9 Å². The Kier molecular flexibility index (Phi) is 3.05. The first kappa shape index (κ1) is 12.0. The van der Waals surface area contributed by atoms with Crippen molar-refractivity contribution >= 4 is 17.7 Å². The molecule has 5 nitrogen and oxygen atoms in total. The normalized spacial score (nSPS) is 25.1. The lowest BCUT2D eigenvalue weighted by atomic mass is 10.1. The van der Waals surface area contributed by atoms with E-state index in [0.717, 1.165) is 30.8 Å². The molecule has 0 amide bonds. The molecule has 1 aromatic heterocycles. The molecule has 1 atom stereocenters. The van der Waals surface area contributed by atoms with Crippen molar-refractivity contribution < 1.29 is 14.1 Å². The van der Waals surface area contributed by atoms with E-state index in [1.54, 1.807) is 0 Å². The number of hydrogen-bond acceptors (Lipinski definition) is 6. The van der Waals surface area contributed by atoms with Gasteiger partial charge in [0.25, 0.3) is 0 Å². The summed E-state index contributed by atoms with van der Waals surface area (Å²) in [6, 6.07) is 0. The third-order valence-corrected chi connectivity index (χ3v) is 4.86. The van der Waals surface area contributed by atoms with Crippen molar-refractivity contribution in [3.05, 3.63) is 11.7 Å². The van der Waals surface area contributed by atoms with Gasteiger partial charge in [-0.25, -0.2) is 0 Å². The number of carbonyl (C=O) groups is 1. The zero-order chi connectivity index (χ0) is 12.6. The third kappa shape index (κ3) is 1.92. The van der Waals surface area contributed by atoms with E-state index in [4.69, 9.17) is 9.26 Å². The molecule has 98 valence electrons. The topological polar surface area (TPSA) is 65.2 Å². The molecule has 2 fully saturated rings. The molecule has 0 radical (unpaired) electrons. The van der Waals surface area contributed by atoms with Crippen LogP contribution in [0.4, 0.5) is 0 Å². The van der Waals surface area contributed by atoms with Gasteiger partial charge in [0.2, 0.25) is 5.89 Å². The van der Waals surface area contributed by atoms with E-state index in [1.165, 1.54) is 6.42 Å². The highest BCUT2D eigenvalue weighted by Crippen LogP contribution is 2.49. The molecule has 1 aliphatic heterocycles. The second kappa shape index (κ2) is 4.57. The van der Waals surface area contributed by atoms with Gasteiger partial charge in [0.05, 0.1) is 11.9 Å². The molecule has 0 aromatic carbocycles. The first-order chi connectivity index (χ1) is 8.76. The molecule has 1 unspecified atom stereocenters. The van der Waals surface area contributed by atoms with Crippen LogP contribution in [0.1, 0.15) is 49.6 Å². The summed E-state index contributed by atoms with van der Waals surface area (Å²) in [6.45, 7) is 2.20. The maximum atomic E-state index is 11.9. The van der Waals surface area contributed by atoms with Gasteiger partial charge in [0.1, 0.15) is 5.41 Å². The largest absolute Gasteiger partial charge is 0.465 e. The van der Waals surface area contributed by atoms with Crippen LogP contribution in [0.5, 0.6) is 0 Å². The van der Waals surface area contributed by atoms with Gasteiger partial charge in [-0.1, -0.05) is 5.16 Å². The Balaban J connectivity index is 1.78. The van der Waals surface area contributed by atoms with Crippen LogP contribution in [0.3, 0.4) is 0 Å². The molecular weight excluding hydrogens is 252 g/mol. The minimum Gasteiger partial charge on any atom is -0.465 e. The van der Waals surface area contributed by atoms with E-state index in [1.807, 2.05) is 18.7 Å². The summed E-state index contributed by atoms with van der Waals surface area (Å²) in [6.07, 6.45) is 3.80. The first-order valence-corrected chi connectivity index (χ1v) is 7.44. The van der Waals surface area contributed by atoms with Gasteiger partial charge in [-0.05, 0) is 38.4 Å². The molecule has 3 rings (SSSR count). The Morgan fingerprint density at radius 1 is 1.61 bits per heavy atom. The third-order valence-electron chi connectivity index (χ3n) is 3.48. The average Bonchev–Trinajstić information content (AvgIpc) is 2.83. The number of thioether (sulfide) groups is 1. The zero-order valence-electron chi connectivity index (χ0n) is 10.3. The van der Waals surface area contributed by atoms with Gasteiger partial charge in [0, 0.05) is 0 Å². The van der Waals surface area contributed by atoms with E-state index >= 15 is 0 Å². The predicted octanol–water partition coefficient (Wildman–Crippen LogP) is 2.23. The summed E-state index contributed by atoms with van der Waals surface area (Å²) >= 11 is 1.86. The minimum absolute atomic E-state index is 0.223. The first-order valence-electron chi connectivity index (χ1n) is 6.39. The van der Waals surface area contributed by atoms with Crippen LogP contribution in [0.15, 0.2) is 4.52 Å². The molecule has 1 saturated heterocycles. The summed E-state index contributed by atoms with van der Waals surface area (Å²) in [4.78, 5) is 16.3. The average molecular weight is 268 g/mol. The number of rotatable bonds is 4. The number of ether oxygens (including phenoxy) is 1. The number of nitrogens with zero attached hydrogens (tertiary/aromatic N) is 2. The predicted molar refractivity (Wildman–Crippen MR) is 66.3 cm³/mol. The number of carbonyl (C=O) groups excluding carboxylic acids is 1. The molecule has 0 spiro atoms. The molecule has 1 aliphatic carbocycles. The maximum Gasteiger partial charge on any atom is 0.321 e. The Labute approximate surface area is 110 Å². The van der Waals surface area contributed by atoms with Crippen LogP contribution in [0.25, 0.3) is 0 Å². The lowest BCUT2D eigenvalue weighted by Gasteiger charge is -2.08. The minimum atomic E-state index is -0.634. The van der Waals surface area contributed by atoms with Crippen molar-refractivity contribution in [2.45, 2.75) is 43.3 Å². The van der Waals surface area contributed by atoms with Gasteiger partial charge < -0.3 is 9.26 Å². The molecule has 2 heterocycles. The fourth-order valence-corrected chi connectivity index (χ4v) is 3.44. The fourth-order valence-electron chi connectivity index (χ4n) is 2.24. The second-order valence-corrected chi connectivity index (χ2v) is 6.07. The van der Waals surface area contributed by atoms with Crippen LogP contribution in [0, 0.1) is 0 Å². The van der Waals surface area contributed by atoms with Gasteiger partial charge in [-0.2, -0.15) is 16.7 Å². The highest BCUT2D eigenvalue weighted by atomic mass is 32.2. The van der Waals surface area contributed by atoms with Gasteiger partial charge in [-0.15, -0.1) is 0 Å². The summed E-state index contributed by atoms with van der Waals surface area (Å²) in [5.74, 6) is 2.11. The Morgan fingerprint density at radius 3 is 3.06 bits per heavy atom. The van der Waals surface area contributed by atoms with Crippen molar-refractivity contribution in [2.75, 3.05) is 12.4 Å². The molecule has 1 saturated carbocycles. The lowest BCUT2D eigenvalue weighted by molar-refractivity contribution is -0.146. The summed E-state index contributed by atoms with van der Waals surface area (Å²) < 4.78 is 10.4. The van der Waals surface area contributed by atoms with Crippen molar-refractivity contribution in [3.63, 3.8) is 0 Å². The summed E-state index contributed by atoms with van der Waals surface area (Å²) in [7, 11) is 0. The van der Waals surface area contributed by atoms with Gasteiger partial charge in [0.15, 0.2) is 5.82 Å². The van der Waals surface area contributed by atoms with E-state index in [-0.39, 0.29) is 5.97 Å². The SMILES string of the molecule is CCOC(=O)C1(c2nc(C3CCCS3)no2)CC1. The summed E-state index contributed by atoms with van der Waals surface area (Å²) in [5.41, 5.74) is -0.634. The molecule has 18 heavy (non-hydrogen) atoms. The van der Waals surface area contributed by atoms with E-state index in [0.29, 0.717) is 17.7 Å². The van der Waals surface area contributed by atoms with Gasteiger partial charge >= 0.3 is 5.97 Å². The van der Waals surface area contributed by atoms with E-state index in [2.05, 4.69) is 10.1 Å². The Hall–Kier alpha value is -1.04. The monoisotopic (exact) mass is 268 g/mol. The quantitative estimate of drug-likeness (QED) is 0.780. The van der Waals surface area contributed by atoms with E-state index < -0.39 is 5.41 Å². The highest BCUT2D eigenvalue weighted by molar-refractivity contribution is 7.99. The molecule has 1 aromatic rings. The molecule has 2 aliphatic rings. The van der Waals surface area contributed by atoms with Gasteiger partial charge in [-0.3, -0.25) is 4.79 Å². The number of aromatic nitrogens is 2. The van der Waals surface area contributed by atoms with Crippen LogP contribution < -0.4 is 0 Å². The number of hydrogen-bond donors (Lipinski definition) is 0. The molecule has 0 bridgehead atoms. The molecule has 0 N–H and O–H groups in total. The van der Waals surface area contributed by atoms with Crippen molar-refractivity contribution in [1.29, 1.82) is 0 Å². The lowest BCUT2D eigenvalue weighted by Crippen LogP contribution is -2.23. The smallest absolute Gasteiger partial charge is 0.321 e. The van der Waals surface area contributed by atoms with Crippen molar-refractivity contribution in [3.8, 4) is 0 Å². The highest BCUT2D eigenvalue weighted by Gasteiger charge is 2.57. The molecule has 6 heteroatoms. The fraction of sp³-hybridized carbons (Fsp3) is 0.750. The van der Waals surface area contributed by atoms with E-state index in [9.17, 15) is 4.79 Å². The van der Waals surface area contributed by atoms with Crippen LogP contribution in [-0.4, -0.2) is 28.5 Å². The van der Waals surface area contributed by atoms with Crippen molar-refractivity contribution in [1.82, 2.24) is 10.1 Å². The van der Waals surface area contributed by atoms with Crippen LogP contribution in [0.2, 0.25) is 0 Å². The molecular formula is C12H16N2O3S. The Morgan fingerprint density at radius 2 is 2.44 bits per heavy atom. The summed E-state index contributed by atoms with van der Waals surface area (Å²) in [5, 5.41) is 4.37. The number of esters is 1. The Bertz CT molecular complexity index is 450. The zero-order valence-corrected chi connectivity index (χ0v) is 11.2. The second-order valence-electron chi connectivity index (χ2n) is 4.76. The van der Waals surface area contributed by atoms with Crippen LogP contribution >= 0.6 is 11.8 Å². The standard InChI is InChI=1S/C12H16N2O3S/c1-2-16-11(15)12(5-6-12)10-13-9(14-17-10)8-4-3-7-18-8/h8H,2-7H2,1H3. The van der Waals surface area contributed by atoms with Crippen molar-refractivity contribution in [2.24, 2.45) is 0 Å².